The van der Waals surface area contributed by atoms with E-state index in [9.17, 15) is 8.42 Å². The molecule has 1 rings (SSSR count). The summed E-state index contributed by atoms with van der Waals surface area (Å²) in [6, 6.07) is 6.88. The molecule has 90 valence electrons. The number of aryl methyl sites for hydroxylation is 1. The first-order valence-electron chi connectivity index (χ1n) is 5.16. The van der Waals surface area contributed by atoms with Gasteiger partial charge in [0.2, 0.25) is 10.0 Å². The predicted molar refractivity (Wildman–Crippen MR) is 66.3 cm³/mol. The van der Waals surface area contributed by atoms with Crippen molar-refractivity contribution in [1.29, 1.82) is 0 Å². The number of hydrogen-bond donors (Lipinski definition) is 1. The third kappa shape index (κ3) is 3.47. The summed E-state index contributed by atoms with van der Waals surface area (Å²) in [5.74, 6) is 0. The zero-order valence-corrected chi connectivity index (χ0v) is 11.0. The molecule has 0 saturated heterocycles. The molecule has 0 spiro atoms. The molecule has 0 saturated carbocycles. The molecule has 0 aromatic heterocycles. The molecule has 0 heterocycles. The van der Waals surface area contributed by atoms with Crippen LogP contribution >= 0.6 is 11.6 Å². The Bertz CT molecular complexity index is 445. The fourth-order valence-corrected chi connectivity index (χ4v) is 2.77. The zero-order valence-electron chi connectivity index (χ0n) is 9.40. The molecular weight excluding hydrogens is 246 g/mol. The van der Waals surface area contributed by atoms with Crippen molar-refractivity contribution in [1.82, 2.24) is 4.72 Å². The van der Waals surface area contributed by atoms with Crippen molar-refractivity contribution in [2.24, 2.45) is 0 Å². The lowest BCUT2D eigenvalue weighted by atomic mass is 10.2. The zero-order chi connectivity index (χ0) is 12.2. The summed E-state index contributed by atoms with van der Waals surface area (Å²) in [5, 5.41) is -0.168. The van der Waals surface area contributed by atoms with Gasteiger partial charge in [-0.2, -0.15) is 0 Å². The molecule has 1 aromatic carbocycles. The van der Waals surface area contributed by atoms with Crippen molar-refractivity contribution in [3.05, 3.63) is 29.8 Å². The molecule has 1 atom stereocenters. The third-order valence-electron chi connectivity index (χ3n) is 2.32. The Morgan fingerprint density at radius 3 is 2.56 bits per heavy atom. The molecule has 3 nitrogen and oxygen atoms in total. The number of alkyl halides is 1. The van der Waals surface area contributed by atoms with Gasteiger partial charge in [-0.25, -0.2) is 13.1 Å². The molecular formula is C11H16ClNO2S. The van der Waals surface area contributed by atoms with Crippen LogP contribution in [0, 0.1) is 6.92 Å². The fourth-order valence-electron chi connectivity index (χ4n) is 1.28. The summed E-state index contributed by atoms with van der Waals surface area (Å²) < 4.78 is 26.3. The lowest BCUT2D eigenvalue weighted by molar-refractivity contribution is 0.578. The van der Waals surface area contributed by atoms with Gasteiger partial charge in [-0.1, -0.05) is 25.1 Å². The summed E-state index contributed by atoms with van der Waals surface area (Å²) >= 11 is 5.87. The predicted octanol–water partition coefficient (Wildman–Crippen LogP) is 2.29. The van der Waals surface area contributed by atoms with Gasteiger partial charge in [0.15, 0.2) is 0 Å². The quantitative estimate of drug-likeness (QED) is 0.827. The third-order valence-corrected chi connectivity index (χ3v) is 4.37. The molecule has 1 unspecified atom stereocenters. The minimum atomic E-state index is -3.43. The number of nitrogens with one attached hydrogen (secondary N) is 1. The monoisotopic (exact) mass is 261 g/mol. The first kappa shape index (κ1) is 13.5. The van der Waals surface area contributed by atoms with E-state index < -0.39 is 10.0 Å². The highest BCUT2D eigenvalue weighted by atomic mass is 35.5. The first-order valence-corrected chi connectivity index (χ1v) is 7.08. The smallest absolute Gasteiger partial charge is 0.210 e. The molecule has 16 heavy (non-hydrogen) atoms. The Labute approximate surface area is 102 Å². The maximum absolute atomic E-state index is 11.9. The number of benzene rings is 1. The van der Waals surface area contributed by atoms with Crippen LogP contribution < -0.4 is 4.72 Å². The Hall–Kier alpha value is -0.580. The second kappa shape index (κ2) is 5.66. The minimum absolute atomic E-state index is 0.168. The second-order valence-electron chi connectivity index (χ2n) is 3.62. The average Bonchev–Trinajstić information content (AvgIpc) is 2.26. The molecule has 1 aromatic rings. The Balaban J connectivity index is 2.83. The Kier molecular flexibility index (Phi) is 4.77. The summed E-state index contributed by atoms with van der Waals surface area (Å²) in [7, 11) is -3.43. The maximum atomic E-state index is 11.9. The first-order chi connectivity index (χ1) is 7.47. The molecule has 0 bridgehead atoms. The summed E-state index contributed by atoms with van der Waals surface area (Å²) in [6.45, 7) is 3.95. The van der Waals surface area contributed by atoms with Gasteiger partial charge in [0, 0.05) is 11.9 Å². The normalized spacial score (nSPS) is 13.7. The highest BCUT2D eigenvalue weighted by Gasteiger charge is 2.16. The number of halogens is 1. The van der Waals surface area contributed by atoms with Crippen LogP contribution in [0.3, 0.4) is 0 Å². The topological polar surface area (TPSA) is 46.2 Å². The van der Waals surface area contributed by atoms with E-state index >= 15 is 0 Å². The van der Waals surface area contributed by atoms with Crippen molar-refractivity contribution in [3.8, 4) is 0 Å². The fraction of sp³-hybridized carbons (Fsp3) is 0.455. The van der Waals surface area contributed by atoms with Crippen molar-refractivity contribution in [3.63, 3.8) is 0 Å². The van der Waals surface area contributed by atoms with E-state index in [0.29, 0.717) is 4.90 Å². The summed E-state index contributed by atoms with van der Waals surface area (Å²) in [5.41, 5.74) is 0.734. The van der Waals surface area contributed by atoms with Crippen molar-refractivity contribution < 1.29 is 8.42 Å². The molecule has 0 aliphatic heterocycles. The van der Waals surface area contributed by atoms with Gasteiger partial charge in [0.25, 0.3) is 0 Å². The van der Waals surface area contributed by atoms with Crippen LogP contribution in [-0.4, -0.2) is 20.3 Å². The van der Waals surface area contributed by atoms with E-state index in [1.54, 1.807) is 25.1 Å². The van der Waals surface area contributed by atoms with E-state index in [2.05, 4.69) is 4.72 Å². The largest absolute Gasteiger partial charge is 0.240 e. The van der Waals surface area contributed by atoms with Gasteiger partial charge < -0.3 is 0 Å². The summed E-state index contributed by atoms with van der Waals surface area (Å²) in [6.07, 6.45) is 0.734. The maximum Gasteiger partial charge on any atom is 0.240 e. The van der Waals surface area contributed by atoms with Gasteiger partial charge in [0.1, 0.15) is 0 Å². The van der Waals surface area contributed by atoms with E-state index in [1.165, 1.54) is 0 Å². The molecule has 0 aliphatic rings. The van der Waals surface area contributed by atoms with Crippen LogP contribution in [0.15, 0.2) is 29.2 Å². The molecule has 0 radical (unpaired) electrons. The highest BCUT2D eigenvalue weighted by Crippen LogP contribution is 2.14. The molecule has 1 N–H and O–H groups in total. The standard InChI is InChI=1S/C11H16ClNO2S/c1-3-10(12)8-13-16(14,15)11-7-5-4-6-9(11)2/h4-7,10,13H,3,8H2,1-2H3. The number of rotatable bonds is 5. The molecule has 5 heteroatoms. The van der Waals surface area contributed by atoms with E-state index in [-0.39, 0.29) is 11.9 Å². The van der Waals surface area contributed by atoms with Crippen LogP contribution in [0.25, 0.3) is 0 Å². The van der Waals surface area contributed by atoms with Gasteiger partial charge in [-0.15, -0.1) is 11.6 Å². The van der Waals surface area contributed by atoms with Gasteiger partial charge >= 0.3 is 0 Å². The number of hydrogen-bond acceptors (Lipinski definition) is 2. The molecule has 0 fully saturated rings. The van der Waals surface area contributed by atoms with E-state index in [0.717, 1.165) is 12.0 Å². The lowest BCUT2D eigenvalue weighted by Crippen LogP contribution is -2.30. The van der Waals surface area contributed by atoms with Crippen LogP contribution in [0.4, 0.5) is 0 Å². The SMILES string of the molecule is CCC(Cl)CNS(=O)(=O)c1ccccc1C. The van der Waals surface area contributed by atoms with Gasteiger partial charge in [-0.3, -0.25) is 0 Å². The Morgan fingerprint density at radius 2 is 2.00 bits per heavy atom. The van der Waals surface area contributed by atoms with Crippen LogP contribution in [0.2, 0.25) is 0 Å². The summed E-state index contributed by atoms with van der Waals surface area (Å²) in [4.78, 5) is 0.315. The Morgan fingerprint density at radius 1 is 1.38 bits per heavy atom. The number of sulfonamides is 1. The van der Waals surface area contributed by atoms with Crippen molar-refractivity contribution in [2.75, 3.05) is 6.54 Å². The highest BCUT2D eigenvalue weighted by molar-refractivity contribution is 7.89. The molecule has 0 aliphatic carbocycles. The van der Waals surface area contributed by atoms with Crippen LogP contribution in [0.5, 0.6) is 0 Å². The average molecular weight is 262 g/mol. The van der Waals surface area contributed by atoms with E-state index in [4.69, 9.17) is 11.6 Å². The lowest BCUT2D eigenvalue weighted by Gasteiger charge is -2.11. The van der Waals surface area contributed by atoms with Gasteiger partial charge in [0.05, 0.1) is 4.90 Å². The van der Waals surface area contributed by atoms with E-state index in [1.807, 2.05) is 13.0 Å². The minimum Gasteiger partial charge on any atom is -0.210 e. The van der Waals surface area contributed by atoms with Crippen molar-refractivity contribution >= 4 is 21.6 Å². The van der Waals surface area contributed by atoms with Crippen molar-refractivity contribution in [2.45, 2.75) is 30.5 Å². The second-order valence-corrected chi connectivity index (χ2v) is 5.98. The van der Waals surface area contributed by atoms with Crippen LogP contribution in [0.1, 0.15) is 18.9 Å². The van der Waals surface area contributed by atoms with Gasteiger partial charge in [-0.05, 0) is 25.0 Å². The molecule has 0 amide bonds. The van der Waals surface area contributed by atoms with Crippen LogP contribution in [-0.2, 0) is 10.0 Å².